The Kier molecular flexibility index (Phi) is 4.88. The minimum Gasteiger partial charge on any atom is -0.492 e. The first-order valence-corrected chi connectivity index (χ1v) is 10.2. The molecule has 6 nitrogen and oxygen atoms in total. The zero-order chi connectivity index (χ0) is 18.3. The quantitative estimate of drug-likeness (QED) is 0.599. The molecule has 3 aromatic rings. The summed E-state index contributed by atoms with van der Waals surface area (Å²) < 4.78 is 1.56. The van der Waals surface area contributed by atoms with Crippen molar-refractivity contribution in [2.24, 2.45) is 0 Å². The van der Waals surface area contributed by atoms with Crippen LogP contribution in [0.15, 0.2) is 24.3 Å². The number of benzene rings is 1. The molecule has 3 N–H and O–H groups in total. The maximum absolute atomic E-state index is 10.8. The molecule has 1 aliphatic rings. The standard InChI is InChI=1S/C18H22ClN5OS/c1-3-22-8-10-23(11-9-22)15(13-4-6-14(19)7-5-13)16-17(25)24-18(26-16)20-12(2)21-24/h4-7,15,25H,3,8-11H2,1-2H3/p+2/t15-/m0/s1. The topological polar surface area (TPSA) is 59.3 Å². The second-order valence-electron chi connectivity index (χ2n) is 6.89. The molecule has 1 atom stereocenters. The van der Waals surface area contributed by atoms with Crippen LogP contribution in [0.2, 0.25) is 5.02 Å². The molecule has 3 heterocycles. The Morgan fingerprint density at radius 1 is 1.23 bits per heavy atom. The number of quaternary nitrogens is 2. The van der Waals surface area contributed by atoms with Gasteiger partial charge in [0.25, 0.3) is 0 Å². The van der Waals surface area contributed by atoms with E-state index in [9.17, 15) is 5.11 Å². The number of thiazole rings is 1. The van der Waals surface area contributed by atoms with Crippen LogP contribution >= 0.6 is 22.9 Å². The lowest BCUT2D eigenvalue weighted by Gasteiger charge is -2.34. The molecule has 0 spiro atoms. The summed E-state index contributed by atoms with van der Waals surface area (Å²) in [5.74, 6) is 0.886. The van der Waals surface area contributed by atoms with E-state index in [1.165, 1.54) is 28.3 Å². The lowest BCUT2D eigenvalue weighted by atomic mass is 10.0. The average molecular weight is 394 g/mol. The number of likely N-dealkylation sites (N-methyl/N-ethyl adjacent to an activating group) is 1. The Labute approximate surface area is 161 Å². The predicted octanol–water partition coefficient (Wildman–Crippen LogP) is 0.351. The highest BCUT2D eigenvalue weighted by Gasteiger charge is 2.35. The van der Waals surface area contributed by atoms with Crippen molar-refractivity contribution in [3.8, 4) is 5.88 Å². The molecule has 0 amide bonds. The molecule has 4 rings (SSSR count). The van der Waals surface area contributed by atoms with Crippen LogP contribution in [-0.4, -0.2) is 52.4 Å². The third-order valence-electron chi connectivity index (χ3n) is 5.28. The first-order valence-electron chi connectivity index (χ1n) is 9.05. The van der Waals surface area contributed by atoms with Gasteiger partial charge in [0.1, 0.15) is 36.9 Å². The minimum atomic E-state index is 0.0690. The average Bonchev–Trinajstić information content (AvgIpc) is 3.15. The molecular weight excluding hydrogens is 370 g/mol. The Morgan fingerprint density at radius 3 is 2.54 bits per heavy atom. The molecule has 1 fully saturated rings. The zero-order valence-corrected chi connectivity index (χ0v) is 16.6. The van der Waals surface area contributed by atoms with Crippen LogP contribution in [0, 0.1) is 6.92 Å². The van der Waals surface area contributed by atoms with Gasteiger partial charge in [-0.25, -0.2) is 4.98 Å². The van der Waals surface area contributed by atoms with Gasteiger partial charge in [-0.1, -0.05) is 35.1 Å². The smallest absolute Gasteiger partial charge is 0.235 e. The second-order valence-corrected chi connectivity index (χ2v) is 8.34. The van der Waals surface area contributed by atoms with E-state index in [1.807, 2.05) is 19.1 Å². The van der Waals surface area contributed by atoms with Crippen molar-refractivity contribution in [2.75, 3.05) is 32.7 Å². The summed E-state index contributed by atoms with van der Waals surface area (Å²) in [6.07, 6.45) is 0. The van der Waals surface area contributed by atoms with Crippen LogP contribution in [0.25, 0.3) is 4.96 Å². The molecule has 1 saturated heterocycles. The molecule has 0 unspecified atom stereocenters. The summed E-state index contributed by atoms with van der Waals surface area (Å²) in [5.41, 5.74) is 1.17. The van der Waals surface area contributed by atoms with Gasteiger partial charge in [0.15, 0.2) is 6.04 Å². The molecule has 0 radical (unpaired) electrons. The third-order valence-corrected chi connectivity index (χ3v) is 6.62. The number of nitrogens with zero attached hydrogens (tertiary/aromatic N) is 3. The first kappa shape index (κ1) is 17.7. The van der Waals surface area contributed by atoms with Gasteiger partial charge in [0.05, 0.1) is 6.54 Å². The van der Waals surface area contributed by atoms with Crippen LogP contribution in [0.3, 0.4) is 0 Å². The number of rotatable bonds is 4. The minimum absolute atomic E-state index is 0.0690. The molecule has 0 aliphatic carbocycles. The van der Waals surface area contributed by atoms with Crippen LogP contribution in [0.1, 0.15) is 29.2 Å². The number of piperazine rings is 1. The van der Waals surface area contributed by atoms with Crippen molar-refractivity contribution in [1.29, 1.82) is 0 Å². The fourth-order valence-electron chi connectivity index (χ4n) is 3.83. The lowest BCUT2D eigenvalue weighted by molar-refractivity contribution is -1.02. The predicted molar refractivity (Wildman–Crippen MR) is 102 cm³/mol. The van der Waals surface area contributed by atoms with Gasteiger partial charge in [-0.2, -0.15) is 4.52 Å². The molecule has 26 heavy (non-hydrogen) atoms. The van der Waals surface area contributed by atoms with Crippen molar-refractivity contribution in [3.63, 3.8) is 0 Å². The van der Waals surface area contributed by atoms with Crippen molar-refractivity contribution in [1.82, 2.24) is 14.6 Å². The molecular formula is C18H24ClN5OS+2. The van der Waals surface area contributed by atoms with E-state index >= 15 is 0 Å². The van der Waals surface area contributed by atoms with Crippen LogP contribution < -0.4 is 9.80 Å². The fraction of sp³-hybridized carbons (Fsp3) is 0.444. The monoisotopic (exact) mass is 393 g/mol. The van der Waals surface area contributed by atoms with E-state index in [4.69, 9.17) is 11.6 Å². The molecule has 8 heteroatoms. The maximum Gasteiger partial charge on any atom is 0.235 e. The van der Waals surface area contributed by atoms with Gasteiger partial charge in [0, 0.05) is 10.6 Å². The second kappa shape index (κ2) is 7.15. The molecule has 138 valence electrons. The summed E-state index contributed by atoms with van der Waals surface area (Å²) in [7, 11) is 0. The van der Waals surface area contributed by atoms with E-state index in [1.54, 1.807) is 9.42 Å². The number of aromatic nitrogens is 3. The van der Waals surface area contributed by atoms with Gasteiger partial charge >= 0.3 is 0 Å². The van der Waals surface area contributed by atoms with Crippen LogP contribution in [0.5, 0.6) is 5.88 Å². The highest BCUT2D eigenvalue weighted by molar-refractivity contribution is 7.17. The van der Waals surface area contributed by atoms with E-state index in [0.29, 0.717) is 5.82 Å². The zero-order valence-electron chi connectivity index (χ0n) is 15.0. The summed E-state index contributed by atoms with van der Waals surface area (Å²) in [4.78, 5) is 9.22. The Morgan fingerprint density at radius 2 is 1.92 bits per heavy atom. The summed E-state index contributed by atoms with van der Waals surface area (Å²) in [5, 5.41) is 15.9. The maximum atomic E-state index is 10.8. The lowest BCUT2D eigenvalue weighted by Crippen LogP contribution is -3.28. The highest BCUT2D eigenvalue weighted by Crippen LogP contribution is 2.35. The van der Waals surface area contributed by atoms with Gasteiger partial charge in [-0.05, 0) is 26.0 Å². The van der Waals surface area contributed by atoms with Gasteiger partial charge < -0.3 is 14.9 Å². The first-order chi connectivity index (χ1) is 12.6. The number of hydrogen-bond donors (Lipinski definition) is 3. The molecule has 0 bridgehead atoms. The Hall–Kier alpha value is -1.67. The SMILES string of the molecule is CC[NH+]1CC[NH+]([C@@H](c2ccc(Cl)cc2)c2sc3nc(C)nn3c2O)CC1. The van der Waals surface area contributed by atoms with Gasteiger partial charge in [-0.3, -0.25) is 0 Å². The van der Waals surface area contributed by atoms with E-state index in [0.717, 1.165) is 41.0 Å². The summed E-state index contributed by atoms with van der Waals surface area (Å²) >= 11 is 7.63. The van der Waals surface area contributed by atoms with E-state index < -0.39 is 0 Å². The number of nitrogens with one attached hydrogen (secondary N) is 2. The molecule has 1 aliphatic heterocycles. The van der Waals surface area contributed by atoms with Gasteiger partial charge in [-0.15, -0.1) is 5.10 Å². The Balaban J connectivity index is 1.75. The van der Waals surface area contributed by atoms with E-state index in [-0.39, 0.29) is 11.9 Å². The van der Waals surface area contributed by atoms with Crippen molar-refractivity contribution in [3.05, 3.63) is 45.6 Å². The fourth-order valence-corrected chi connectivity index (χ4v) is 5.14. The molecule has 1 aromatic carbocycles. The third kappa shape index (κ3) is 3.20. The number of aromatic hydroxyl groups is 1. The Bertz CT molecular complexity index is 898. The van der Waals surface area contributed by atoms with Crippen LogP contribution in [0.4, 0.5) is 0 Å². The molecule has 2 aromatic heterocycles. The van der Waals surface area contributed by atoms with Crippen molar-refractivity contribution in [2.45, 2.75) is 19.9 Å². The van der Waals surface area contributed by atoms with Crippen LogP contribution in [-0.2, 0) is 0 Å². The summed E-state index contributed by atoms with van der Waals surface area (Å²) in [6.45, 7) is 9.69. The summed E-state index contributed by atoms with van der Waals surface area (Å²) in [6, 6.07) is 8.06. The van der Waals surface area contributed by atoms with E-state index in [2.05, 4.69) is 29.1 Å². The number of fused-ring (bicyclic) bond motifs is 1. The largest absolute Gasteiger partial charge is 0.492 e. The van der Waals surface area contributed by atoms with Gasteiger partial charge in [0.2, 0.25) is 10.8 Å². The highest BCUT2D eigenvalue weighted by atomic mass is 35.5. The number of hydrogen-bond acceptors (Lipinski definition) is 4. The molecule has 0 saturated carbocycles. The van der Waals surface area contributed by atoms with Crippen molar-refractivity contribution >= 4 is 27.9 Å². The number of halogens is 1. The number of aryl methyl sites for hydroxylation is 1. The van der Waals surface area contributed by atoms with Crippen molar-refractivity contribution < 1.29 is 14.9 Å². The normalized spacial score (nSPS) is 22.0.